The van der Waals surface area contributed by atoms with Crippen molar-refractivity contribution in [2.45, 2.75) is 12.3 Å². The Balaban J connectivity index is 1.86. The molecular weight excluding hydrogens is 295 g/mol. The quantitative estimate of drug-likeness (QED) is 0.764. The topological polar surface area (TPSA) is 70.7 Å². The van der Waals surface area contributed by atoms with E-state index in [0.29, 0.717) is 12.2 Å². The van der Waals surface area contributed by atoms with Gasteiger partial charge in [-0.1, -0.05) is 0 Å². The minimum absolute atomic E-state index is 0.0727. The Kier molecular flexibility index (Phi) is 3.15. The number of aromatic nitrogens is 3. The molecule has 2 N–H and O–H groups in total. The van der Waals surface area contributed by atoms with E-state index >= 15 is 0 Å². The Morgan fingerprint density at radius 1 is 1.09 bits per heavy atom. The van der Waals surface area contributed by atoms with Crippen LogP contribution in [-0.4, -0.2) is 21.1 Å². The number of nitrogens with zero attached hydrogens (tertiary/aromatic N) is 2. The van der Waals surface area contributed by atoms with Crippen LogP contribution < -0.4 is 5.32 Å². The number of fused-ring (bicyclic) bond motifs is 1. The van der Waals surface area contributed by atoms with Gasteiger partial charge < -0.3 is 5.32 Å². The lowest BCUT2D eigenvalue weighted by molar-refractivity contribution is -0.116. The molecule has 0 aliphatic carbocycles. The Morgan fingerprint density at radius 2 is 1.83 bits per heavy atom. The molecule has 1 unspecified atom stereocenters. The van der Waals surface area contributed by atoms with Crippen molar-refractivity contribution in [3.05, 3.63) is 65.7 Å². The molecule has 0 spiro atoms. The number of hydrogen-bond acceptors (Lipinski definition) is 3. The molecule has 3 heterocycles. The molecule has 0 bridgehead atoms. The normalized spacial score (nSPS) is 16.7. The van der Waals surface area contributed by atoms with Crippen molar-refractivity contribution >= 4 is 11.7 Å². The summed E-state index contributed by atoms with van der Waals surface area (Å²) >= 11 is 0. The summed E-state index contributed by atoms with van der Waals surface area (Å²) in [5.41, 5.74) is 3.54. The minimum atomic E-state index is -0.291. The van der Waals surface area contributed by atoms with E-state index in [1.807, 2.05) is 12.1 Å². The molecule has 2 aromatic heterocycles. The van der Waals surface area contributed by atoms with Gasteiger partial charge in [0, 0.05) is 35.9 Å². The predicted octanol–water partition coefficient (Wildman–Crippen LogP) is 3.08. The lowest BCUT2D eigenvalue weighted by Crippen LogP contribution is -2.23. The largest absolute Gasteiger partial charge is 0.309 e. The van der Waals surface area contributed by atoms with E-state index in [4.69, 9.17) is 0 Å². The molecule has 1 aliphatic heterocycles. The van der Waals surface area contributed by atoms with Crippen molar-refractivity contribution in [3.8, 4) is 11.3 Å². The molecule has 1 aromatic carbocycles. The summed E-state index contributed by atoms with van der Waals surface area (Å²) in [7, 11) is 0. The van der Waals surface area contributed by atoms with E-state index in [0.717, 1.165) is 22.4 Å². The number of amides is 1. The number of nitrogens with one attached hydrogen (secondary N) is 2. The SMILES string of the molecule is O=C1CC(c2ccncc2)c2c(n[nH]c2-c2ccc(F)cc2)N1. The van der Waals surface area contributed by atoms with Crippen LogP contribution in [0.1, 0.15) is 23.5 Å². The van der Waals surface area contributed by atoms with Crippen LogP contribution in [0.4, 0.5) is 10.2 Å². The molecule has 1 amide bonds. The van der Waals surface area contributed by atoms with Crippen LogP contribution >= 0.6 is 0 Å². The number of carbonyl (C=O) groups is 1. The van der Waals surface area contributed by atoms with Crippen molar-refractivity contribution in [1.82, 2.24) is 15.2 Å². The molecule has 0 saturated carbocycles. The van der Waals surface area contributed by atoms with Gasteiger partial charge in [0.1, 0.15) is 5.82 Å². The third-order valence-electron chi connectivity index (χ3n) is 4.04. The third-order valence-corrected chi connectivity index (χ3v) is 4.04. The first-order valence-corrected chi connectivity index (χ1v) is 7.26. The van der Waals surface area contributed by atoms with Crippen LogP contribution in [0.25, 0.3) is 11.3 Å². The lowest BCUT2D eigenvalue weighted by atomic mass is 9.85. The fourth-order valence-corrected chi connectivity index (χ4v) is 2.97. The first-order chi connectivity index (χ1) is 11.2. The molecule has 4 rings (SSSR count). The maximum atomic E-state index is 13.2. The van der Waals surface area contributed by atoms with Gasteiger partial charge in [-0.3, -0.25) is 14.9 Å². The Morgan fingerprint density at radius 3 is 2.57 bits per heavy atom. The van der Waals surface area contributed by atoms with Crippen LogP contribution in [0, 0.1) is 5.82 Å². The van der Waals surface area contributed by atoms with Crippen LogP contribution in [0.15, 0.2) is 48.8 Å². The number of anilines is 1. The molecule has 1 atom stereocenters. The summed E-state index contributed by atoms with van der Waals surface area (Å²) in [6, 6.07) is 10.0. The molecule has 3 aromatic rings. The summed E-state index contributed by atoms with van der Waals surface area (Å²) in [5, 5.41) is 9.97. The van der Waals surface area contributed by atoms with Crippen LogP contribution in [-0.2, 0) is 4.79 Å². The second kappa shape index (κ2) is 5.31. The van der Waals surface area contributed by atoms with E-state index in [9.17, 15) is 9.18 Å². The van der Waals surface area contributed by atoms with Crippen LogP contribution in [0.5, 0.6) is 0 Å². The summed E-state index contributed by atoms with van der Waals surface area (Å²) in [6.45, 7) is 0. The molecule has 0 radical (unpaired) electrons. The van der Waals surface area contributed by atoms with Gasteiger partial charge in [-0.05, 0) is 42.0 Å². The zero-order valence-electron chi connectivity index (χ0n) is 12.1. The van der Waals surface area contributed by atoms with Gasteiger partial charge in [-0.15, -0.1) is 0 Å². The van der Waals surface area contributed by atoms with E-state index in [1.165, 1.54) is 12.1 Å². The van der Waals surface area contributed by atoms with Crippen molar-refractivity contribution in [3.63, 3.8) is 0 Å². The molecule has 1 aliphatic rings. The second-order valence-electron chi connectivity index (χ2n) is 5.45. The summed E-state index contributed by atoms with van der Waals surface area (Å²) in [4.78, 5) is 16.0. The third kappa shape index (κ3) is 2.38. The Bertz CT molecular complexity index is 858. The fourth-order valence-electron chi connectivity index (χ4n) is 2.97. The minimum Gasteiger partial charge on any atom is -0.309 e. The number of carbonyl (C=O) groups excluding carboxylic acids is 1. The standard InChI is InChI=1S/C17H13FN4O/c18-12-3-1-11(2-4-12)16-15-13(10-5-7-19-8-6-10)9-14(23)20-17(15)22-21-16/h1-8,13H,9H2,(H2,20,21,22,23). The van der Waals surface area contributed by atoms with Gasteiger partial charge >= 0.3 is 0 Å². The number of hydrogen-bond donors (Lipinski definition) is 2. The second-order valence-corrected chi connectivity index (χ2v) is 5.45. The van der Waals surface area contributed by atoms with E-state index in [-0.39, 0.29) is 17.6 Å². The van der Waals surface area contributed by atoms with Crippen molar-refractivity contribution in [1.29, 1.82) is 0 Å². The monoisotopic (exact) mass is 308 g/mol. The lowest BCUT2D eigenvalue weighted by Gasteiger charge is -2.23. The van der Waals surface area contributed by atoms with Crippen molar-refractivity contribution in [2.75, 3.05) is 5.32 Å². The summed E-state index contributed by atoms with van der Waals surface area (Å²) in [6.07, 6.45) is 3.75. The highest BCUT2D eigenvalue weighted by molar-refractivity contribution is 5.96. The zero-order valence-corrected chi connectivity index (χ0v) is 12.1. The van der Waals surface area contributed by atoms with Gasteiger partial charge in [-0.2, -0.15) is 5.10 Å². The number of rotatable bonds is 2. The number of pyridine rings is 1. The maximum absolute atomic E-state index is 13.2. The van der Waals surface area contributed by atoms with Gasteiger partial charge in [0.2, 0.25) is 5.91 Å². The predicted molar refractivity (Wildman–Crippen MR) is 83.3 cm³/mol. The first-order valence-electron chi connectivity index (χ1n) is 7.26. The molecule has 0 fully saturated rings. The number of halogens is 1. The average molecular weight is 308 g/mol. The molecular formula is C17H13FN4O. The number of aromatic amines is 1. The summed E-state index contributed by atoms with van der Waals surface area (Å²) in [5.74, 6) is 0.0560. The number of benzene rings is 1. The zero-order chi connectivity index (χ0) is 15.8. The van der Waals surface area contributed by atoms with Crippen molar-refractivity contribution < 1.29 is 9.18 Å². The van der Waals surface area contributed by atoms with E-state index in [2.05, 4.69) is 20.5 Å². The van der Waals surface area contributed by atoms with Crippen LogP contribution in [0.3, 0.4) is 0 Å². The highest BCUT2D eigenvalue weighted by Crippen LogP contribution is 2.41. The first kappa shape index (κ1) is 13.6. The maximum Gasteiger partial charge on any atom is 0.226 e. The summed E-state index contributed by atoms with van der Waals surface area (Å²) < 4.78 is 13.2. The van der Waals surface area contributed by atoms with Gasteiger partial charge in [-0.25, -0.2) is 4.39 Å². The van der Waals surface area contributed by atoms with Crippen molar-refractivity contribution in [2.24, 2.45) is 0 Å². The van der Waals surface area contributed by atoms with Crippen LogP contribution in [0.2, 0.25) is 0 Å². The molecule has 23 heavy (non-hydrogen) atoms. The molecule has 114 valence electrons. The van der Waals surface area contributed by atoms with E-state index in [1.54, 1.807) is 24.5 Å². The smallest absolute Gasteiger partial charge is 0.226 e. The Labute approximate surface area is 131 Å². The highest BCUT2D eigenvalue weighted by atomic mass is 19.1. The average Bonchev–Trinajstić information content (AvgIpc) is 2.99. The van der Waals surface area contributed by atoms with E-state index < -0.39 is 0 Å². The van der Waals surface area contributed by atoms with Gasteiger partial charge in [0.05, 0.1) is 5.69 Å². The van der Waals surface area contributed by atoms with Gasteiger partial charge in [0.25, 0.3) is 0 Å². The highest BCUT2D eigenvalue weighted by Gasteiger charge is 2.31. The number of H-pyrrole nitrogens is 1. The Hall–Kier alpha value is -3.02. The van der Waals surface area contributed by atoms with Gasteiger partial charge in [0.15, 0.2) is 5.82 Å². The molecule has 0 saturated heterocycles. The molecule has 6 heteroatoms. The fraction of sp³-hybridized carbons (Fsp3) is 0.118. The molecule has 5 nitrogen and oxygen atoms in total.